The summed E-state index contributed by atoms with van der Waals surface area (Å²) in [6.45, 7) is 1.60. The summed E-state index contributed by atoms with van der Waals surface area (Å²) in [6, 6.07) is 0. The molecule has 1 heterocycles. The lowest BCUT2D eigenvalue weighted by Gasteiger charge is -2.08. The van der Waals surface area contributed by atoms with Crippen LogP contribution in [0.4, 0.5) is 0 Å². The number of aliphatic hydroxyl groups is 1. The van der Waals surface area contributed by atoms with Crippen molar-refractivity contribution in [2.24, 2.45) is 7.05 Å². The first-order valence-electron chi connectivity index (χ1n) is 6.15. The third kappa shape index (κ3) is 2.92. The Bertz CT molecular complexity index is 659. The lowest BCUT2D eigenvalue weighted by Crippen LogP contribution is -2.19. The van der Waals surface area contributed by atoms with E-state index in [-0.39, 0.29) is 11.5 Å². The van der Waals surface area contributed by atoms with E-state index in [1.807, 2.05) is 0 Å². The summed E-state index contributed by atoms with van der Waals surface area (Å²) in [5, 5.41) is 12.3. The molecule has 0 saturated carbocycles. The van der Waals surface area contributed by atoms with Crippen LogP contribution in [-0.2, 0) is 26.1 Å². The standard InChI is InChI=1S/C13H17N3O6/c1-6-8(11(18)14-2)15-10(16(6)3)7(12(19)21-4)9(17)13(20)22-5/h17H,1-5H3,(H,14,18)/b9-7+. The van der Waals surface area contributed by atoms with E-state index >= 15 is 0 Å². The fourth-order valence-corrected chi connectivity index (χ4v) is 1.73. The number of hydrogen-bond donors (Lipinski definition) is 2. The van der Waals surface area contributed by atoms with Crippen molar-refractivity contribution in [2.75, 3.05) is 21.3 Å². The molecule has 1 aromatic heterocycles. The number of nitrogens with zero attached hydrogens (tertiary/aromatic N) is 2. The van der Waals surface area contributed by atoms with E-state index in [1.165, 1.54) is 18.7 Å². The van der Waals surface area contributed by atoms with Crippen molar-refractivity contribution in [1.29, 1.82) is 0 Å². The van der Waals surface area contributed by atoms with Gasteiger partial charge in [-0.15, -0.1) is 0 Å². The zero-order valence-electron chi connectivity index (χ0n) is 12.9. The molecule has 9 heteroatoms. The normalized spacial score (nSPS) is 11.5. The molecule has 0 saturated heterocycles. The molecule has 9 nitrogen and oxygen atoms in total. The lowest BCUT2D eigenvalue weighted by molar-refractivity contribution is -0.140. The molecular weight excluding hydrogens is 294 g/mol. The van der Waals surface area contributed by atoms with Gasteiger partial charge in [0.15, 0.2) is 11.4 Å². The van der Waals surface area contributed by atoms with Gasteiger partial charge in [-0.2, -0.15) is 0 Å². The van der Waals surface area contributed by atoms with Crippen molar-refractivity contribution in [2.45, 2.75) is 6.92 Å². The Morgan fingerprint density at radius 3 is 2.18 bits per heavy atom. The van der Waals surface area contributed by atoms with Crippen LogP contribution in [0.15, 0.2) is 5.76 Å². The maximum absolute atomic E-state index is 11.9. The van der Waals surface area contributed by atoms with Gasteiger partial charge in [-0.1, -0.05) is 0 Å². The molecule has 22 heavy (non-hydrogen) atoms. The summed E-state index contributed by atoms with van der Waals surface area (Å²) in [7, 11) is 5.09. The number of amides is 1. The molecule has 0 unspecified atom stereocenters. The summed E-state index contributed by atoms with van der Waals surface area (Å²) in [5.74, 6) is -3.63. The SMILES string of the molecule is CNC(=O)c1nc(/C(C(=O)OC)=C(\O)C(=O)OC)n(C)c1C. The number of hydrogen-bond acceptors (Lipinski definition) is 7. The highest BCUT2D eigenvalue weighted by atomic mass is 16.5. The van der Waals surface area contributed by atoms with Gasteiger partial charge in [0.2, 0.25) is 5.76 Å². The number of methoxy groups -OCH3 is 2. The highest BCUT2D eigenvalue weighted by Crippen LogP contribution is 2.22. The highest BCUT2D eigenvalue weighted by Gasteiger charge is 2.29. The molecule has 0 aliphatic heterocycles. The molecular formula is C13H17N3O6. The van der Waals surface area contributed by atoms with E-state index in [9.17, 15) is 19.5 Å². The van der Waals surface area contributed by atoms with E-state index in [0.29, 0.717) is 5.69 Å². The van der Waals surface area contributed by atoms with Crippen LogP contribution >= 0.6 is 0 Å². The Hall–Kier alpha value is -2.84. The molecule has 1 rings (SSSR count). The number of aliphatic hydroxyl groups excluding tert-OH is 1. The van der Waals surface area contributed by atoms with Gasteiger partial charge in [0, 0.05) is 19.8 Å². The van der Waals surface area contributed by atoms with Crippen molar-refractivity contribution in [3.05, 3.63) is 23.0 Å². The van der Waals surface area contributed by atoms with Gasteiger partial charge in [0.1, 0.15) is 5.69 Å². The van der Waals surface area contributed by atoms with Crippen LogP contribution in [0.3, 0.4) is 0 Å². The van der Waals surface area contributed by atoms with Gasteiger partial charge < -0.3 is 24.5 Å². The lowest BCUT2D eigenvalue weighted by atomic mass is 10.2. The minimum atomic E-state index is -1.12. The minimum Gasteiger partial charge on any atom is -0.501 e. The number of aromatic nitrogens is 2. The van der Waals surface area contributed by atoms with Crippen molar-refractivity contribution >= 4 is 23.4 Å². The van der Waals surface area contributed by atoms with Crippen LogP contribution in [0.25, 0.3) is 5.57 Å². The third-order valence-corrected chi connectivity index (χ3v) is 3.05. The molecule has 0 atom stereocenters. The first kappa shape index (κ1) is 17.2. The van der Waals surface area contributed by atoms with Crippen LogP contribution in [0.5, 0.6) is 0 Å². The summed E-state index contributed by atoms with van der Waals surface area (Å²) in [4.78, 5) is 39.1. The molecule has 0 aliphatic rings. The molecule has 0 radical (unpaired) electrons. The molecule has 1 amide bonds. The molecule has 2 N–H and O–H groups in total. The average Bonchev–Trinajstić information content (AvgIpc) is 2.81. The smallest absolute Gasteiger partial charge is 0.374 e. The first-order chi connectivity index (χ1) is 10.3. The summed E-state index contributed by atoms with van der Waals surface area (Å²) < 4.78 is 10.3. The number of imidazole rings is 1. The fourth-order valence-electron chi connectivity index (χ4n) is 1.73. The number of esters is 2. The van der Waals surface area contributed by atoms with Gasteiger partial charge in [-0.05, 0) is 6.92 Å². The second-order valence-corrected chi connectivity index (χ2v) is 4.21. The fraction of sp³-hybridized carbons (Fsp3) is 0.385. The van der Waals surface area contributed by atoms with E-state index in [2.05, 4.69) is 19.8 Å². The quantitative estimate of drug-likeness (QED) is 0.445. The van der Waals surface area contributed by atoms with Crippen molar-refractivity contribution in [3.8, 4) is 0 Å². The molecule has 0 aliphatic carbocycles. The van der Waals surface area contributed by atoms with Crippen molar-refractivity contribution < 1.29 is 29.0 Å². The molecule has 0 bridgehead atoms. The second kappa shape index (κ2) is 6.74. The van der Waals surface area contributed by atoms with E-state index in [0.717, 1.165) is 14.2 Å². The number of rotatable bonds is 4. The summed E-state index contributed by atoms with van der Waals surface area (Å²) in [5.41, 5.74) is 0.00240. The van der Waals surface area contributed by atoms with Crippen LogP contribution in [0.1, 0.15) is 22.0 Å². The Kier molecular flexibility index (Phi) is 5.28. The second-order valence-electron chi connectivity index (χ2n) is 4.21. The predicted molar refractivity (Wildman–Crippen MR) is 74.9 cm³/mol. The van der Waals surface area contributed by atoms with Gasteiger partial charge in [-0.25, -0.2) is 14.6 Å². The largest absolute Gasteiger partial charge is 0.501 e. The minimum absolute atomic E-state index is 0.0547. The van der Waals surface area contributed by atoms with Crippen molar-refractivity contribution in [1.82, 2.24) is 14.9 Å². The van der Waals surface area contributed by atoms with Crippen molar-refractivity contribution in [3.63, 3.8) is 0 Å². The molecule has 0 spiro atoms. The van der Waals surface area contributed by atoms with Crippen LogP contribution < -0.4 is 5.32 Å². The number of ether oxygens (including phenoxy) is 2. The zero-order valence-corrected chi connectivity index (χ0v) is 12.9. The van der Waals surface area contributed by atoms with E-state index < -0.39 is 29.2 Å². The Balaban J connectivity index is 3.62. The molecule has 0 aromatic carbocycles. The first-order valence-corrected chi connectivity index (χ1v) is 6.15. The van der Waals surface area contributed by atoms with Gasteiger partial charge in [0.25, 0.3) is 5.91 Å². The highest BCUT2D eigenvalue weighted by molar-refractivity contribution is 6.21. The predicted octanol–water partition coefficient (Wildman–Crippen LogP) is -0.297. The maximum atomic E-state index is 11.9. The molecule has 1 aromatic rings. The average molecular weight is 311 g/mol. The maximum Gasteiger partial charge on any atom is 0.374 e. The molecule has 0 fully saturated rings. The third-order valence-electron chi connectivity index (χ3n) is 3.05. The number of carbonyl (C=O) groups is 3. The molecule has 120 valence electrons. The van der Waals surface area contributed by atoms with Crippen LogP contribution in [0, 0.1) is 6.92 Å². The van der Waals surface area contributed by atoms with Gasteiger partial charge >= 0.3 is 11.9 Å². The topological polar surface area (TPSA) is 120 Å². The Labute approximate surface area is 126 Å². The number of nitrogens with one attached hydrogen (secondary N) is 1. The monoisotopic (exact) mass is 311 g/mol. The summed E-state index contributed by atoms with van der Waals surface area (Å²) >= 11 is 0. The van der Waals surface area contributed by atoms with E-state index in [4.69, 9.17) is 0 Å². The number of carbonyl (C=O) groups excluding carboxylic acids is 3. The summed E-state index contributed by atoms with van der Waals surface area (Å²) in [6.07, 6.45) is 0. The van der Waals surface area contributed by atoms with Crippen LogP contribution in [-0.4, -0.2) is 53.8 Å². The van der Waals surface area contributed by atoms with Crippen LogP contribution in [0.2, 0.25) is 0 Å². The van der Waals surface area contributed by atoms with E-state index in [1.54, 1.807) is 6.92 Å². The Morgan fingerprint density at radius 2 is 1.73 bits per heavy atom. The Morgan fingerprint density at radius 1 is 1.18 bits per heavy atom. The van der Waals surface area contributed by atoms with Gasteiger partial charge in [0.05, 0.1) is 14.2 Å². The zero-order chi connectivity index (χ0) is 17.0. The van der Waals surface area contributed by atoms with Gasteiger partial charge in [-0.3, -0.25) is 4.79 Å².